The minimum Gasteiger partial charge on any atom is -0.444 e. The lowest BCUT2D eigenvalue weighted by atomic mass is 10.1. The van der Waals surface area contributed by atoms with E-state index in [0.717, 1.165) is 17.5 Å². The van der Waals surface area contributed by atoms with E-state index in [9.17, 15) is 9.59 Å². The number of hydrogen-bond donors (Lipinski definition) is 3. The molecule has 0 aliphatic heterocycles. The maximum Gasteiger partial charge on any atom is 0.407 e. The topological polar surface area (TPSA) is 79.5 Å². The minimum absolute atomic E-state index is 0.113. The Morgan fingerprint density at radius 3 is 2.34 bits per heavy atom. The van der Waals surface area contributed by atoms with Crippen LogP contribution in [0.15, 0.2) is 48.5 Å². The van der Waals surface area contributed by atoms with Gasteiger partial charge in [-0.15, -0.1) is 0 Å². The molecule has 0 aliphatic carbocycles. The fraction of sp³-hybridized carbons (Fsp3) is 0.391. The van der Waals surface area contributed by atoms with E-state index in [4.69, 9.17) is 4.74 Å². The molecule has 0 fully saturated rings. The standard InChI is InChI=1S/C23H31N3O3/c1-6-17-10-12-19(13-11-17)16(2)25-21(27)26-20-9-7-8-18(14-20)15-24-22(28)29-23(3,4)5/h7-14,16H,6,15H2,1-5H3,(H,24,28)(H2,25,26,27). The van der Waals surface area contributed by atoms with Gasteiger partial charge in [-0.05, 0) is 62.9 Å². The molecular weight excluding hydrogens is 366 g/mol. The minimum atomic E-state index is -0.543. The van der Waals surface area contributed by atoms with Crippen molar-refractivity contribution in [3.8, 4) is 0 Å². The van der Waals surface area contributed by atoms with Crippen molar-refractivity contribution in [3.63, 3.8) is 0 Å². The largest absolute Gasteiger partial charge is 0.444 e. The molecule has 2 aromatic rings. The van der Waals surface area contributed by atoms with Gasteiger partial charge < -0.3 is 20.7 Å². The molecule has 156 valence electrons. The highest BCUT2D eigenvalue weighted by molar-refractivity contribution is 5.89. The van der Waals surface area contributed by atoms with Crippen LogP contribution in [0.4, 0.5) is 15.3 Å². The Kier molecular flexibility index (Phi) is 7.65. The first kappa shape index (κ1) is 22.3. The van der Waals surface area contributed by atoms with Gasteiger partial charge in [0.15, 0.2) is 0 Å². The Balaban J connectivity index is 1.88. The van der Waals surface area contributed by atoms with Crippen LogP contribution in [0.5, 0.6) is 0 Å². The summed E-state index contributed by atoms with van der Waals surface area (Å²) in [4.78, 5) is 24.1. The second-order valence-electron chi connectivity index (χ2n) is 7.97. The number of carbonyl (C=O) groups is 2. The Morgan fingerprint density at radius 2 is 1.72 bits per heavy atom. The highest BCUT2D eigenvalue weighted by atomic mass is 16.6. The quantitative estimate of drug-likeness (QED) is 0.630. The van der Waals surface area contributed by atoms with Crippen molar-refractivity contribution in [2.75, 3.05) is 5.32 Å². The Morgan fingerprint density at radius 1 is 1.03 bits per heavy atom. The molecule has 1 unspecified atom stereocenters. The van der Waals surface area contributed by atoms with Gasteiger partial charge in [0.25, 0.3) is 0 Å². The van der Waals surface area contributed by atoms with Crippen LogP contribution in [0.3, 0.4) is 0 Å². The number of amides is 3. The van der Waals surface area contributed by atoms with E-state index in [1.54, 1.807) is 6.07 Å². The molecule has 1 atom stereocenters. The summed E-state index contributed by atoms with van der Waals surface area (Å²) in [5.41, 5.74) is 3.28. The molecule has 0 saturated carbocycles. The third-order valence-electron chi connectivity index (χ3n) is 4.26. The van der Waals surface area contributed by atoms with Crippen molar-refractivity contribution in [1.82, 2.24) is 10.6 Å². The third kappa shape index (κ3) is 7.86. The lowest BCUT2D eigenvalue weighted by Crippen LogP contribution is -2.32. The zero-order valence-corrected chi connectivity index (χ0v) is 17.8. The number of alkyl carbamates (subject to hydrolysis) is 1. The summed E-state index contributed by atoms with van der Waals surface area (Å²) in [6.07, 6.45) is 0.512. The number of anilines is 1. The molecule has 2 aromatic carbocycles. The van der Waals surface area contributed by atoms with Crippen LogP contribution in [0.2, 0.25) is 0 Å². The van der Waals surface area contributed by atoms with Crippen molar-refractivity contribution < 1.29 is 14.3 Å². The van der Waals surface area contributed by atoms with Gasteiger partial charge in [-0.3, -0.25) is 0 Å². The van der Waals surface area contributed by atoms with Gasteiger partial charge in [-0.25, -0.2) is 9.59 Å². The molecule has 0 aromatic heterocycles. The number of ether oxygens (including phenoxy) is 1. The van der Waals surface area contributed by atoms with E-state index in [2.05, 4.69) is 35.0 Å². The van der Waals surface area contributed by atoms with Gasteiger partial charge in [-0.1, -0.05) is 43.3 Å². The molecule has 0 radical (unpaired) electrons. The van der Waals surface area contributed by atoms with Crippen LogP contribution >= 0.6 is 0 Å². The summed E-state index contributed by atoms with van der Waals surface area (Å²) in [6.45, 7) is 9.81. The first-order chi connectivity index (χ1) is 13.7. The number of hydrogen-bond acceptors (Lipinski definition) is 3. The second-order valence-corrected chi connectivity index (χ2v) is 7.97. The lowest BCUT2D eigenvalue weighted by Gasteiger charge is -2.19. The maximum atomic E-state index is 12.3. The number of aryl methyl sites for hydroxylation is 1. The highest BCUT2D eigenvalue weighted by Gasteiger charge is 2.15. The molecule has 3 amide bonds. The van der Waals surface area contributed by atoms with E-state index in [1.165, 1.54) is 5.56 Å². The van der Waals surface area contributed by atoms with E-state index in [1.807, 2.05) is 58.0 Å². The molecule has 0 spiro atoms. The number of nitrogens with one attached hydrogen (secondary N) is 3. The van der Waals surface area contributed by atoms with E-state index < -0.39 is 11.7 Å². The van der Waals surface area contributed by atoms with Crippen LogP contribution in [-0.2, 0) is 17.7 Å². The average molecular weight is 398 g/mol. The van der Waals surface area contributed by atoms with Crippen molar-refractivity contribution >= 4 is 17.8 Å². The fourth-order valence-corrected chi connectivity index (χ4v) is 2.74. The maximum absolute atomic E-state index is 12.3. The summed E-state index contributed by atoms with van der Waals surface area (Å²) in [7, 11) is 0. The molecule has 0 saturated heterocycles. The predicted octanol–water partition coefficient (Wildman–Crippen LogP) is 5.16. The molecule has 29 heavy (non-hydrogen) atoms. The van der Waals surface area contributed by atoms with Crippen molar-refractivity contribution in [3.05, 3.63) is 65.2 Å². The number of carbonyl (C=O) groups excluding carboxylic acids is 2. The van der Waals surface area contributed by atoms with Gasteiger partial charge in [0, 0.05) is 12.2 Å². The summed E-state index contributed by atoms with van der Waals surface area (Å²) < 4.78 is 5.22. The van der Waals surface area contributed by atoms with Crippen LogP contribution in [0.25, 0.3) is 0 Å². The van der Waals surface area contributed by atoms with Gasteiger partial charge >= 0.3 is 12.1 Å². The molecule has 6 nitrogen and oxygen atoms in total. The Hall–Kier alpha value is -3.02. The van der Waals surface area contributed by atoms with Crippen LogP contribution in [0, 0.1) is 0 Å². The van der Waals surface area contributed by atoms with Gasteiger partial charge in [-0.2, -0.15) is 0 Å². The smallest absolute Gasteiger partial charge is 0.407 e. The van der Waals surface area contributed by atoms with Gasteiger partial charge in [0.05, 0.1) is 6.04 Å². The zero-order valence-electron chi connectivity index (χ0n) is 17.8. The number of urea groups is 1. The summed E-state index contributed by atoms with van der Waals surface area (Å²) in [5.74, 6) is 0. The van der Waals surface area contributed by atoms with Crippen molar-refractivity contribution in [1.29, 1.82) is 0 Å². The van der Waals surface area contributed by atoms with E-state index in [0.29, 0.717) is 12.2 Å². The van der Waals surface area contributed by atoms with Crippen LogP contribution in [0.1, 0.15) is 57.4 Å². The number of benzene rings is 2. The summed E-state index contributed by atoms with van der Waals surface area (Å²) in [5, 5.41) is 8.48. The first-order valence-corrected chi connectivity index (χ1v) is 9.88. The molecule has 3 N–H and O–H groups in total. The average Bonchev–Trinajstić information content (AvgIpc) is 2.65. The normalized spacial score (nSPS) is 12.0. The monoisotopic (exact) mass is 397 g/mol. The van der Waals surface area contributed by atoms with Crippen molar-refractivity contribution in [2.45, 2.75) is 59.2 Å². The third-order valence-corrected chi connectivity index (χ3v) is 4.26. The summed E-state index contributed by atoms with van der Waals surface area (Å²) in [6, 6.07) is 15.1. The zero-order chi connectivity index (χ0) is 21.4. The van der Waals surface area contributed by atoms with Gasteiger partial charge in [0.1, 0.15) is 5.60 Å². The Bertz CT molecular complexity index is 826. The molecule has 6 heteroatoms. The van der Waals surface area contributed by atoms with Gasteiger partial charge in [0.2, 0.25) is 0 Å². The van der Waals surface area contributed by atoms with E-state index >= 15 is 0 Å². The molecule has 2 rings (SSSR count). The second kappa shape index (κ2) is 9.96. The predicted molar refractivity (Wildman–Crippen MR) is 116 cm³/mol. The fourth-order valence-electron chi connectivity index (χ4n) is 2.74. The molecule has 0 heterocycles. The lowest BCUT2D eigenvalue weighted by molar-refractivity contribution is 0.0523. The first-order valence-electron chi connectivity index (χ1n) is 9.88. The SMILES string of the molecule is CCc1ccc(C(C)NC(=O)Nc2cccc(CNC(=O)OC(C)(C)C)c2)cc1. The summed E-state index contributed by atoms with van der Waals surface area (Å²) >= 11 is 0. The number of rotatable bonds is 6. The van der Waals surface area contributed by atoms with Crippen molar-refractivity contribution in [2.24, 2.45) is 0 Å². The van der Waals surface area contributed by atoms with E-state index in [-0.39, 0.29) is 12.1 Å². The highest BCUT2D eigenvalue weighted by Crippen LogP contribution is 2.15. The van der Waals surface area contributed by atoms with Crippen LogP contribution < -0.4 is 16.0 Å². The molecule has 0 bridgehead atoms. The Labute approximate surface area is 173 Å². The molecule has 0 aliphatic rings. The molecular formula is C23H31N3O3. The van der Waals surface area contributed by atoms with Crippen LogP contribution in [-0.4, -0.2) is 17.7 Å².